The van der Waals surface area contributed by atoms with E-state index in [-0.39, 0.29) is 0 Å². The molecule has 0 saturated carbocycles. The summed E-state index contributed by atoms with van der Waals surface area (Å²) in [5, 5.41) is 12.4. The smallest absolute Gasteiger partial charge is 0.0921 e. The molecule has 0 unspecified atom stereocenters. The Bertz CT molecular complexity index is 606. The fourth-order valence-corrected chi connectivity index (χ4v) is 2.89. The molecule has 3 rings (SSSR count). The Labute approximate surface area is 117 Å². The van der Waals surface area contributed by atoms with Crippen molar-refractivity contribution in [1.82, 2.24) is 9.88 Å². The number of fused-ring (bicyclic) bond motifs is 1. The number of rotatable bonds is 1. The third-order valence-electron chi connectivity index (χ3n) is 4.04. The molecule has 0 spiro atoms. The van der Waals surface area contributed by atoms with Crippen LogP contribution in [0, 0.1) is 0 Å². The lowest BCUT2D eigenvalue weighted by molar-refractivity contribution is -0.0202. The number of pyridine rings is 1. The zero-order valence-corrected chi connectivity index (χ0v) is 11.7. The van der Waals surface area contributed by atoms with Crippen molar-refractivity contribution in [3.05, 3.63) is 41.0 Å². The standard InChI is InChI=1S/C15H17ClN2O/c1-18-8-5-15(19,6-9-18)11-2-3-14-12(10-11)13(16)4-7-17-14/h2-4,7,10,19H,5-6,8-9H2,1H3. The average Bonchev–Trinajstić information content (AvgIpc) is 2.42. The third kappa shape index (κ3) is 2.34. The summed E-state index contributed by atoms with van der Waals surface area (Å²) in [6.45, 7) is 1.82. The second-order valence-electron chi connectivity index (χ2n) is 5.36. The predicted octanol–water partition coefficient (Wildman–Crippen LogP) is 2.80. The van der Waals surface area contributed by atoms with Crippen molar-refractivity contribution in [3.63, 3.8) is 0 Å². The van der Waals surface area contributed by atoms with Gasteiger partial charge in [0.2, 0.25) is 0 Å². The highest BCUT2D eigenvalue weighted by atomic mass is 35.5. The SMILES string of the molecule is CN1CCC(O)(c2ccc3nccc(Cl)c3c2)CC1. The zero-order chi connectivity index (χ0) is 13.5. The fourth-order valence-electron chi connectivity index (χ4n) is 2.68. The Balaban J connectivity index is 2.03. The first-order valence-corrected chi connectivity index (χ1v) is 6.92. The van der Waals surface area contributed by atoms with E-state index >= 15 is 0 Å². The second kappa shape index (κ2) is 4.75. The van der Waals surface area contributed by atoms with Crippen LogP contribution in [0.3, 0.4) is 0 Å². The molecule has 0 radical (unpaired) electrons. The Morgan fingerprint density at radius 3 is 2.74 bits per heavy atom. The molecule has 4 heteroatoms. The summed E-state index contributed by atoms with van der Waals surface area (Å²) in [7, 11) is 2.08. The van der Waals surface area contributed by atoms with Gasteiger partial charge in [-0.2, -0.15) is 0 Å². The van der Waals surface area contributed by atoms with Gasteiger partial charge in [-0.1, -0.05) is 17.7 Å². The molecule has 100 valence electrons. The number of aromatic nitrogens is 1. The minimum Gasteiger partial charge on any atom is -0.385 e. The lowest BCUT2D eigenvalue weighted by Crippen LogP contribution is -2.40. The number of likely N-dealkylation sites (tertiary alicyclic amines) is 1. The summed E-state index contributed by atoms with van der Waals surface area (Å²) >= 11 is 6.21. The topological polar surface area (TPSA) is 36.4 Å². The van der Waals surface area contributed by atoms with Crippen LogP contribution in [0.25, 0.3) is 10.9 Å². The number of nitrogens with zero attached hydrogens (tertiary/aromatic N) is 2. The second-order valence-corrected chi connectivity index (χ2v) is 5.77. The molecule has 0 aliphatic carbocycles. The molecular formula is C15H17ClN2O. The van der Waals surface area contributed by atoms with Gasteiger partial charge < -0.3 is 10.0 Å². The van der Waals surface area contributed by atoms with Crippen LogP contribution in [0.4, 0.5) is 0 Å². The van der Waals surface area contributed by atoms with Gasteiger partial charge in [-0.05, 0) is 43.7 Å². The van der Waals surface area contributed by atoms with Crippen molar-refractivity contribution in [2.45, 2.75) is 18.4 Å². The van der Waals surface area contributed by atoms with Crippen molar-refractivity contribution >= 4 is 22.5 Å². The van der Waals surface area contributed by atoms with Crippen molar-refractivity contribution in [2.24, 2.45) is 0 Å². The summed E-state index contributed by atoms with van der Waals surface area (Å²) in [5.74, 6) is 0. The van der Waals surface area contributed by atoms with Gasteiger partial charge in [-0.3, -0.25) is 4.98 Å². The van der Waals surface area contributed by atoms with E-state index in [0.29, 0.717) is 5.02 Å². The molecule has 1 aliphatic rings. The Kier molecular flexibility index (Phi) is 3.21. The highest BCUT2D eigenvalue weighted by Gasteiger charge is 2.33. The van der Waals surface area contributed by atoms with Gasteiger partial charge in [0.1, 0.15) is 0 Å². The van der Waals surface area contributed by atoms with E-state index in [1.165, 1.54) is 0 Å². The third-order valence-corrected chi connectivity index (χ3v) is 4.37. The van der Waals surface area contributed by atoms with Crippen LogP contribution in [0.1, 0.15) is 18.4 Å². The maximum Gasteiger partial charge on any atom is 0.0921 e. The van der Waals surface area contributed by atoms with Crippen molar-refractivity contribution < 1.29 is 5.11 Å². The lowest BCUT2D eigenvalue weighted by atomic mass is 9.84. The largest absolute Gasteiger partial charge is 0.385 e. The summed E-state index contributed by atoms with van der Waals surface area (Å²) in [6.07, 6.45) is 3.22. The highest BCUT2D eigenvalue weighted by molar-refractivity contribution is 6.35. The summed E-state index contributed by atoms with van der Waals surface area (Å²) < 4.78 is 0. The molecule has 1 fully saturated rings. The van der Waals surface area contributed by atoms with Gasteiger partial charge in [0.05, 0.1) is 16.1 Å². The number of hydrogen-bond acceptors (Lipinski definition) is 3. The lowest BCUT2D eigenvalue weighted by Gasteiger charge is -2.37. The van der Waals surface area contributed by atoms with Gasteiger partial charge >= 0.3 is 0 Å². The van der Waals surface area contributed by atoms with Crippen LogP contribution in [0.2, 0.25) is 5.02 Å². The minimum absolute atomic E-state index is 0.684. The van der Waals surface area contributed by atoms with Crippen LogP contribution in [0.5, 0.6) is 0 Å². The first-order valence-electron chi connectivity index (χ1n) is 6.54. The van der Waals surface area contributed by atoms with E-state index in [4.69, 9.17) is 11.6 Å². The van der Waals surface area contributed by atoms with Gasteiger partial charge in [-0.15, -0.1) is 0 Å². The summed E-state index contributed by atoms with van der Waals surface area (Å²) in [4.78, 5) is 6.53. The Morgan fingerprint density at radius 1 is 1.26 bits per heavy atom. The first kappa shape index (κ1) is 12.9. The molecule has 1 aromatic heterocycles. The molecule has 1 aliphatic heterocycles. The number of piperidine rings is 1. The predicted molar refractivity (Wildman–Crippen MR) is 77.4 cm³/mol. The van der Waals surface area contributed by atoms with Gasteiger partial charge in [0.25, 0.3) is 0 Å². The van der Waals surface area contributed by atoms with E-state index < -0.39 is 5.60 Å². The van der Waals surface area contributed by atoms with Gasteiger partial charge in [0, 0.05) is 24.7 Å². The van der Waals surface area contributed by atoms with E-state index in [1.54, 1.807) is 12.3 Å². The van der Waals surface area contributed by atoms with Crippen LogP contribution in [-0.4, -0.2) is 35.1 Å². The molecule has 19 heavy (non-hydrogen) atoms. The van der Waals surface area contributed by atoms with E-state index in [1.807, 2.05) is 18.2 Å². The van der Waals surface area contributed by atoms with Gasteiger partial charge in [-0.25, -0.2) is 0 Å². The molecular weight excluding hydrogens is 260 g/mol. The van der Waals surface area contributed by atoms with E-state index in [2.05, 4.69) is 16.9 Å². The number of benzene rings is 1. The molecule has 0 atom stereocenters. The number of hydrogen-bond donors (Lipinski definition) is 1. The van der Waals surface area contributed by atoms with Crippen LogP contribution in [-0.2, 0) is 5.60 Å². The maximum atomic E-state index is 10.8. The van der Waals surface area contributed by atoms with Crippen molar-refractivity contribution in [1.29, 1.82) is 0 Å². The molecule has 1 aromatic carbocycles. The fraction of sp³-hybridized carbons (Fsp3) is 0.400. The normalized spacial score (nSPS) is 19.7. The van der Waals surface area contributed by atoms with Crippen LogP contribution >= 0.6 is 11.6 Å². The van der Waals surface area contributed by atoms with Crippen LogP contribution < -0.4 is 0 Å². The molecule has 3 nitrogen and oxygen atoms in total. The monoisotopic (exact) mass is 276 g/mol. The quantitative estimate of drug-likeness (QED) is 0.870. The van der Waals surface area contributed by atoms with Gasteiger partial charge in [0.15, 0.2) is 0 Å². The Hall–Kier alpha value is -1.16. The number of halogens is 1. The first-order chi connectivity index (χ1) is 9.08. The highest BCUT2D eigenvalue weighted by Crippen LogP contribution is 2.34. The maximum absolute atomic E-state index is 10.8. The summed E-state index contributed by atoms with van der Waals surface area (Å²) in [6, 6.07) is 7.67. The zero-order valence-electron chi connectivity index (χ0n) is 10.9. The molecule has 0 bridgehead atoms. The van der Waals surface area contributed by atoms with Crippen LogP contribution in [0.15, 0.2) is 30.5 Å². The molecule has 0 amide bonds. The molecule has 1 N–H and O–H groups in total. The summed E-state index contributed by atoms with van der Waals surface area (Å²) in [5.41, 5.74) is 1.08. The molecule has 1 saturated heterocycles. The Morgan fingerprint density at radius 2 is 2.00 bits per heavy atom. The minimum atomic E-state index is -0.736. The molecule has 2 heterocycles. The average molecular weight is 277 g/mol. The van der Waals surface area contributed by atoms with E-state index in [0.717, 1.165) is 42.4 Å². The van der Waals surface area contributed by atoms with Crippen molar-refractivity contribution in [2.75, 3.05) is 20.1 Å². The number of aliphatic hydroxyl groups is 1. The molecule has 2 aromatic rings. The van der Waals surface area contributed by atoms with E-state index in [9.17, 15) is 5.11 Å². The van der Waals surface area contributed by atoms with Crippen molar-refractivity contribution in [3.8, 4) is 0 Å².